The quantitative estimate of drug-likeness (QED) is 0.374. The van der Waals surface area contributed by atoms with Crippen molar-refractivity contribution in [2.45, 2.75) is 29.2 Å². The number of carbonyl (C=O) groups excluding carboxylic acids is 2. The van der Waals surface area contributed by atoms with Crippen LogP contribution in [0.4, 0.5) is 0 Å². The van der Waals surface area contributed by atoms with E-state index in [1.54, 1.807) is 0 Å². The molecule has 33 heavy (non-hydrogen) atoms. The minimum atomic E-state index is -1.14. The van der Waals surface area contributed by atoms with E-state index in [0.717, 1.165) is 20.3 Å². The van der Waals surface area contributed by atoms with E-state index < -0.39 is 23.3 Å². The summed E-state index contributed by atoms with van der Waals surface area (Å²) in [6.45, 7) is 1.94. The zero-order valence-corrected chi connectivity index (χ0v) is 19.9. The van der Waals surface area contributed by atoms with E-state index >= 15 is 0 Å². The normalized spacial score (nSPS) is 20.0. The Bertz CT molecular complexity index is 1300. The Morgan fingerprint density at radius 2 is 2.09 bits per heavy atom. The SMILES string of the molecule is Cc1nnc(SCC2=C(C(=O)O)N3C(=O)[C@@H](NC(=O)Cn4ccc5ccccc54)[C@H]3SC2)s1. The predicted octanol–water partition coefficient (Wildman–Crippen LogP) is 2.33. The topological polar surface area (TPSA) is 117 Å². The summed E-state index contributed by atoms with van der Waals surface area (Å²) in [6, 6.07) is 8.94. The summed E-state index contributed by atoms with van der Waals surface area (Å²) >= 11 is 4.32. The lowest BCUT2D eigenvalue weighted by Crippen LogP contribution is -2.70. The van der Waals surface area contributed by atoms with Crippen molar-refractivity contribution in [2.75, 3.05) is 11.5 Å². The van der Waals surface area contributed by atoms with Crippen LogP contribution in [0.2, 0.25) is 0 Å². The van der Waals surface area contributed by atoms with Gasteiger partial charge in [0.05, 0.1) is 0 Å². The van der Waals surface area contributed by atoms with Gasteiger partial charge in [0.15, 0.2) is 4.34 Å². The first-order valence-electron chi connectivity index (χ1n) is 10.1. The number of carboxylic acids is 1. The lowest BCUT2D eigenvalue weighted by molar-refractivity contribution is -0.150. The Morgan fingerprint density at radius 1 is 1.27 bits per heavy atom. The highest BCUT2D eigenvalue weighted by atomic mass is 32.2. The van der Waals surface area contributed by atoms with Crippen LogP contribution in [0.25, 0.3) is 10.9 Å². The number of aliphatic carboxylic acids is 1. The molecule has 9 nitrogen and oxygen atoms in total. The summed E-state index contributed by atoms with van der Waals surface area (Å²) in [6.07, 6.45) is 1.84. The Morgan fingerprint density at radius 3 is 2.85 bits per heavy atom. The lowest BCUT2D eigenvalue weighted by Gasteiger charge is -2.49. The molecule has 0 radical (unpaired) electrons. The molecule has 2 aliphatic rings. The molecule has 1 saturated heterocycles. The number of rotatable bonds is 7. The summed E-state index contributed by atoms with van der Waals surface area (Å²) in [5.41, 5.74) is 1.61. The van der Waals surface area contributed by atoms with Crippen LogP contribution in [0.5, 0.6) is 0 Å². The molecule has 2 atom stereocenters. The van der Waals surface area contributed by atoms with Gasteiger partial charge in [0, 0.05) is 23.2 Å². The zero-order chi connectivity index (χ0) is 23.1. The van der Waals surface area contributed by atoms with Gasteiger partial charge in [0.1, 0.15) is 28.7 Å². The molecule has 1 aromatic carbocycles. The van der Waals surface area contributed by atoms with Gasteiger partial charge in [-0.15, -0.1) is 22.0 Å². The fourth-order valence-corrected chi connectivity index (χ4v) is 7.23. The molecule has 2 N–H and O–H groups in total. The largest absolute Gasteiger partial charge is 0.477 e. The van der Waals surface area contributed by atoms with E-state index in [0.29, 0.717) is 17.1 Å². The number of aryl methyl sites for hydroxylation is 1. The molecule has 12 heteroatoms. The van der Waals surface area contributed by atoms with Gasteiger partial charge in [-0.25, -0.2) is 4.79 Å². The maximum Gasteiger partial charge on any atom is 0.352 e. The Labute approximate surface area is 201 Å². The number of para-hydroxylation sites is 1. The number of nitrogens with zero attached hydrogens (tertiary/aromatic N) is 4. The fraction of sp³-hybridized carbons (Fsp3) is 0.286. The van der Waals surface area contributed by atoms with Crippen LogP contribution in [-0.2, 0) is 20.9 Å². The number of hydrogen-bond donors (Lipinski definition) is 2. The van der Waals surface area contributed by atoms with Crippen molar-refractivity contribution in [3.8, 4) is 0 Å². The van der Waals surface area contributed by atoms with Gasteiger partial charge in [-0.05, 0) is 30.0 Å². The lowest BCUT2D eigenvalue weighted by atomic mass is 10.0. The van der Waals surface area contributed by atoms with Crippen molar-refractivity contribution in [1.29, 1.82) is 0 Å². The molecule has 5 rings (SSSR count). The molecule has 2 aliphatic heterocycles. The van der Waals surface area contributed by atoms with E-state index in [1.165, 1.54) is 39.8 Å². The van der Waals surface area contributed by atoms with Crippen LogP contribution in [0.15, 0.2) is 52.1 Å². The van der Waals surface area contributed by atoms with Crippen molar-refractivity contribution in [2.24, 2.45) is 0 Å². The summed E-state index contributed by atoms with van der Waals surface area (Å²) in [4.78, 5) is 38.8. The molecule has 4 heterocycles. The van der Waals surface area contributed by atoms with E-state index in [4.69, 9.17) is 0 Å². The maximum absolute atomic E-state index is 12.9. The summed E-state index contributed by atoms with van der Waals surface area (Å²) in [5, 5.41) is 22.1. The number of carboxylic acid groups (broad SMARTS) is 1. The second kappa shape index (κ2) is 8.84. The minimum Gasteiger partial charge on any atom is -0.477 e. The number of benzene rings is 1. The molecule has 2 aromatic heterocycles. The highest BCUT2D eigenvalue weighted by Crippen LogP contribution is 2.41. The molecule has 1 fully saturated rings. The first-order chi connectivity index (χ1) is 15.9. The van der Waals surface area contributed by atoms with Gasteiger partial charge in [-0.2, -0.15) is 0 Å². The molecule has 0 saturated carbocycles. The van der Waals surface area contributed by atoms with Crippen LogP contribution < -0.4 is 5.32 Å². The fourth-order valence-electron chi connectivity index (χ4n) is 3.93. The van der Waals surface area contributed by atoms with Crippen LogP contribution in [0.1, 0.15) is 5.01 Å². The second-order valence-corrected chi connectivity index (χ2v) is 11.1. The molecule has 0 spiro atoms. The van der Waals surface area contributed by atoms with Gasteiger partial charge >= 0.3 is 5.97 Å². The van der Waals surface area contributed by atoms with Gasteiger partial charge in [-0.1, -0.05) is 41.3 Å². The van der Waals surface area contributed by atoms with Crippen molar-refractivity contribution in [1.82, 2.24) is 25.0 Å². The van der Waals surface area contributed by atoms with Crippen molar-refractivity contribution >= 4 is 63.5 Å². The van der Waals surface area contributed by atoms with E-state index in [-0.39, 0.29) is 18.1 Å². The smallest absolute Gasteiger partial charge is 0.352 e. The molecule has 0 bridgehead atoms. The summed E-state index contributed by atoms with van der Waals surface area (Å²) < 4.78 is 2.58. The third kappa shape index (κ3) is 4.13. The third-order valence-corrected chi connectivity index (χ3v) is 8.84. The average Bonchev–Trinajstić information content (AvgIpc) is 3.41. The van der Waals surface area contributed by atoms with E-state index in [9.17, 15) is 19.5 Å². The number of amides is 2. The second-order valence-electron chi connectivity index (χ2n) is 7.59. The van der Waals surface area contributed by atoms with Gasteiger partial charge in [0.25, 0.3) is 5.91 Å². The van der Waals surface area contributed by atoms with Gasteiger partial charge in [-0.3, -0.25) is 14.5 Å². The first-order valence-corrected chi connectivity index (χ1v) is 12.9. The van der Waals surface area contributed by atoms with Crippen molar-refractivity contribution in [3.63, 3.8) is 0 Å². The van der Waals surface area contributed by atoms with Crippen LogP contribution in [0, 0.1) is 6.92 Å². The third-order valence-electron chi connectivity index (χ3n) is 5.44. The molecular weight excluding hydrogens is 482 g/mol. The van der Waals surface area contributed by atoms with E-state index in [2.05, 4.69) is 15.5 Å². The number of hydrogen-bond acceptors (Lipinski definition) is 8. The number of fused-ring (bicyclic) bond motifs is 2. The Balaban J connectivity index is 1.27. The summed E-state index contributed by atoms with van der Waals surface area (Å²) in [7, 11) is 0. The minimum absolute atomic E-state index is 0.0133. The molecule has 170 valence electrons. The molecular formula is C21H19N5O4S3. The van der Waals surface area contributed by atoms with Crippen LogP contribution >= 0.6 is 34.9 Å². The highest BCUT2D eigenvalue weighted by Gasteiger charge is 2.54. The van der Waals surface area contributed by atoms with Crippen LogP contribution in [0.3, 0.4) is 0 Å². The average molecular weight is 502 g/mol. The van der Waals surface area contributed by atoms with Crippen molar-refractivity contribution < 1.29 is 19.5 Å². The first kappa shape index (κ1) is 22.0. The number of nitrogens with one attached hydrogen (secondary N) is 1. The standard InChI is InChI=1S/C21H19N5O4S3/c1-11-23-24-21(33-11)32-10-13-9-31-19-16(18(28)26(19)17(13)20(29)30)22-15(27)8-25-7-6-12-4-2-3-5-14(12)25/h2-7,16,19H,8-10H2,1H3,(H,22,27)(H,29,30)/t16-,19-/m1/s1. The van der Waals surface area contributed by atoms with Gasteiger partial charge < -0.3 is 15.0 Å². The van der Waals surface area contributed by atoms with E-state index in [1.807, 2.05) is 48.0 Å². The number of β-lactam (4-membered cyclic amide) rings is 1. The van der Waals surface area contributed by atoms with Crippen LogP contribution in [-0.4, -0.2) is 65.5 Å². The van der Waals surface area contributed by atoms with Gasteiger partial charge in [0.2, 0.25) is 5.91 Å². The predicted molar refractivity (Wildman–Crippen MR) is 127 cm³/mol. The summed E-state index contributed by atoms with van der Waals surface area (Å²) in [5.74, 6) is -0.942. The number of carbonyl (C=O) groups is 3. The molecule has 0 aliphatic carbocycles. The number of thioether (sulfide) groups is 2. The Kier molecular flexibility index (Phi) is 5.89. The number of aromatic nitrogens is 3. The monoisotopic (exact) mass is 501 g/mol. The zero-order valence-electron chi connectivity index (χ0n) is 17.4. The maximum atomic E-state index is 12.9. The van der Waals surface area contributed by atoms with Crippen molar-refractivity contribution in [3.05, 3.63) is 52.8 Å². The Hall–Kier alpha value is -2.83. The highest BCUT2D eigenvalue weighted by molar-refractivity contribution is 8.01. The molecule has 2 amide bonds. The molecule has 3 aromatic rings. The molecule has 0 unspecified atom stereocenters.